The van der Waals surface area contributed by atoms with Crippen LogP contribution in [-0.2, 0) is 0 Å². The average molecular weight is 200 g/mol. The van der Waals surface area contributed by atoms with Crippen molar-refractivity contribution in [3.63, 3.8) is 0 Å². The van der Waals surface area contributed by atoms with E-state index < -0.39 is 0 Å². The third-order valence-corrected chi connectivity index (χ3v) is 2.50. The minimum Gasteiger partial charge on any atom is -0.102 e. The molecule has 0 bridgehead atoms. The molecule has 63 valence electrons. The van der Waals surface area contributed by atoms with E-state index in [1.165, 1.54) is 0 Å². The van der Waals surface area contributed by atoms with Gasteiger partial charge in [0.1, 0.15) is 0 Å². The molecule has 0 spiro atoms. The number of halogens is 2. The molecule has 0 aromatic heterocycles. The third-order valence-electron chi connectivity index (χ3n) is 1.68. The van der Waals surface area contributed by atoms with E-state index in [-0.39, 0.29) is 0 Å². The van der Waals surface area contributed by atoms with Crippen molar-refractivity contribution in [2.75, 3.05) is 0 Å². The van der Waals surface area contributed by atoms with Crippen molar-refractivity contribution in [3.05, 3.63) is 52.4 Å². The first kappa shape index (κ1) is 9.63. The Morgan fingerprint density at radius 1 is 1.42 bits per heavy atom. The van der Waals surface area contributed by atoms with Crippen molar-refractivity contribution in [2.45, 2.75) is 6.92 Å². The Labute approximate surface area is 82.8 Å². The van der Waals surface area contributed by atoms with Crippen LogP contribution in [0.3, 0.4) is 0 Å². The van der Waals surface area contributed by atoms with Crippen LogP contribution >= 0.6 is 23.2 Å². The average Bonchev–Trinajstić information content (AvgIpc) is 2.08. The van der Waals surface area contributed by atoms with Gasteiger partial charge >= 0.3 is 0 Å². The molecule has 0 aliphatic rings. The van der Waals surface area contributed by atoms with Gasteiger partial charge in [0, 0.05) is 5.92 Å². The Bertz CT molecular complexity index is 292. The fourth-order valence-electron chi connectivity index (χ4n) is 0.918. The van der Waals surface area contributed by atoms with Crippen LogP contribution in [0.5, 0.6) is 0 Å². The molecule has 0 amide bonds. The number of rotatable bonds is 2. The molecule has 0 saturated heterocycles. The lowest BCUT2D eigenvalue weighted by atomic mass is 10.0. The monoisotopic (exact) mass is 199 g/mol. The maximum absolute atomic E-state index is 5.97. The predicted molar refractivity (Wildman–Crippen MR) is 54.7 cm³/mol. The van der Waals surface area contributed by atoms with E-state index in [2.05, 4.69) is 6.58 Å². The van der Waals surface area contributed by atoms with Crippen LogP contribution in [0, 0.1) is 5.92 Å². The summed E-state index contributed by atoms with van der Waals surface area (Å²) in [5.41, 5.74) is 0.944. The van der Waals surface area contributed by atoms with Crippen molar-refractivity contribution >= 4 is 23.2 Å². The molecule has 1 radical (unpaired) electrons. The van der Waals surface area contributed by atoms with Gasteiger partial charge in [0.2, 0.25) is 0 Å². The minimum atomic E-state index is 0.579. The number of hydrogen-bond donors (Lipinski definition) is 0. The maximum Gasteiger partial charge on any atom is 0.0633 e. The summed E-state index contributed by atoms with van der Waals surface area (Å²) in [5, 5.41) is 1.17. The van der Waals surface area contributed by atoms with Crippen LogP contribution in [0.1, 0.15) is 12.5 Å². The zero-order valence-electron chi connectivity index (χ0n) is 6.77. The zero-order valence-corrected chi connectivity index (χ0v) is 8.28. The van der Waals surface area contributed by atoms with Gasteiger partial charge in [0.05, 0.1) is 10.0 Å². The quantitative estimate of drug-likeness (QED) is 0.673. The largest absolute Gasteiger partial charge is 0.102 e. The smallest absolute Gasteiger partial charge is 0.0633 e. The lowest BCUT2D eigenvalue weighted by Gasteiger charge is -2.08. The summed E-state index contributed by atoms with van der Waals surface area (Å²) in [5.74, 6) is 1.03. The van der Waals surface area contributed by atoms with E-state index in [4.69, 9.17) is 23.2 Å². The van der Waals surface area contributed by atoms with Crippen LogP contribution in [0.25, 0.3) is 0 Å². The summed E-state index contributed by atoms with van der Waals surface area (Å²) in [7, 11) is 0. The van der Waals surface area contributed by atoms with Crippen LogP contribution in [0.4, 0.5) is 0 Å². The molecule has 0 saturated carbocycles. The standard InChI is InChI=1S/C10H9Cl2/c1-3-7(2)8-5-4-6-9(11)10(8)12/h3-6H,1H2,2H3. The van der Waals surface area contributed by atoms with Crippen molar-refractivity contribution in [1.29, 1.82) is 0 Å². The van der Waals surface area contributed by atoms with E-state index in [1.54, 1.807) is 12.1 Å². The third kappa shape index (κ3) is 1.82. The first-order chi connectivity index (χ1) is 5.66. The van der Waals surface area contributed by atoms with E-state index in [9.17, 15) is 0 Å². The lowest BCUT2D eigenvalue weighted by Crippen LogP contribution is -1.90. The van der Waals surface area contributed by atoms with Gasteiger partial charge in [-0.25, -0.2) is 0 Å². The summed E-state index contributed by atoms with van der Waals surface area (Å²) in [6.45, 7) is 5.62. The fourth-order valence-corrected chi connectivity index (χ4v) is 1.37. The Morgan fingerprint density at radius 3 is 2.67 bits per heavy atom. The molecular formula is C10H9Cl2. The van der Waals surface area contributed by atoms with E-state index >= 15 is 0 Å². The van der Waals surface area contributed by atoms with Gasteiger partial charge in [0.25, 0.3) is 0 Å². The van der Waals surface area contributed by atoms with E-state index in [0.29, 0.717) is 10.0 Å². The van der Waals surface area contributed by atoms with Crippen molar-refractivity contribution < 1.29 is 0 Å². The number of hydrogen-bond acceptors (Lipinski definition) is 0. The number of allylic oxidation sites excluding steroid dienone is 1. The summed E-state index contributed by atoms with van der Waals surface area (Å²) < 4.78 is 0. The highest BCUT2D eigenvalue weighted by atomic mass is 35.5. The van der Waals surface area contributed by atoms with E-state index in [0.717, 1.165) is 11.5 Å². The Balaban J connectivity index is 3.15. The highest BCUT2D eigenvalue weighted by molar-refractivity contribution is 6.42. The summed E-state index contributed by atoms with van der Waals surface area (Å²) >= 11 is 11.8. The van der Waals surface area contributed by atoms with Crippen molar-refractivity contribution in [2.24, 2.45) is 0 Å². The number of benzene rings is 1. The van der Waals surface area contributed by atoms with Gasteiger partial charge in [-0.05, 0) is 11.6 Å². The van der Waals surface area contributed by atoms with Gasteiger partial charge < -0.3 is 0 Å². The maximum atomic E-state index is 5.97. The second kappa shape index (κ2) is 3.97. The Morgan fingerprint density at radius 2 is 2.08 bits per heavy atom. The molecule has 0 unspecified atom stereocenters. The highest BCUT2D eigenvalue weighted by Gasteiger charge is 2.08. The molecule has 1 aromatic carbocycles. The Hall–Kier alpha value is -0.460. The molecule has 1 aromatic rings. The predicted octanol–water partition coefficient (Wildman–Crippen LogP) is 4.12. The molecule has 0 heterocycles. The van der Waals surface area contributed by atoms with Crippen LogP contribution in [0.2, 0.25) is 10.0 Å². The molecule has 0 N–H and O–H groups in total. The first-order valence-electron chi connectivity index (χ1n) is 3.57. The molecule has 1 rings (SSSR count). The Kier molecular flexibility index (Phi) is 3.19. The zero-order chi connectivity index (χ0) is 9.14. The van der Waals surface area contributed by atoms with Crippen molar-refractivity contribution in [3.8, 4) is 0 Å². The molecule has 0 fully saturated rings. The molecule has 0 nitrogen and oxygen atoms in total. The topological polar surface area (TPSA) is 0 Å². The van der Waals surface area contributed by atoms with Gasteiger partial charge in [0.15, 0.2) is 0 Å². The SMILES string of the molecule is C=C[C](C)c1cccc(Cl)c1Cl. The van der Waals surface area contributed by atoms with Gasteiger partial charge in [-0.15, -0.1) is 6.58 Å². The van der Waals surface area contributed by atoms with Gasteiger partial charge in [-0.2, -0.15) is 0 Å². The molecule has 12 heavy (non-hydrogen) atoms. The lowest BCUT2D eigenvalue weighted by molar-refractivity contribution is 1.26. The highest BCUT2D eigenvalue weighted by Crippen LogP contribution is 2.30. The summed E-state index contributed by atoms with van der Waals surface area (Å²) in [6.07, 6.45) is 1.76. The fraction of sp³-hybridized carbons (Fsp3) is 0.100. The second-order valence-corrected chi connectivity index (χ2v) is 3.27. The van der Waals surface area contributed by atoms with Crippen LogP contribution < -0.4 is 0 Å². The molecule has 0 aliphatic carbocycles. The molecule has 2 heteroatoms. The first-order valence-corrected chi connectivity index (χ1v) is 4.32. The molecule has 0 aliphatic heterocycles. The van der Waals surface area contributed by atoms with Gasteiger partial charge in [-0.3, -0.25) is 0 Å². The molecular weight excluding hydrogens is 191 g/mol. The van der Waals surface area contributed by atoms with Crippen LogP contribution in [-0.4, -0.2) is 0 Å². The van der Waals surface area contributed by atoms with Gasteiger partial charge in [-0.1, -0.05) is 48.3 Å². The second-order valence-electron chi connectivity index (χ2n) is 2.49. The van der Waals surface area contributed by atoms with Crippen molar-refractivity contribution in [1.82, 2.24) is 0 Å². The minimum absolute atomic E-state index is 0.579. The normalized spacial score (nSPS) is 10.3. The van der Waals surface area contributed by atoms with Crippen LogP contribution in [0.15, 0.2) is 30.9 Å². The molecule has 0 atom stereocenters. The summed E-state index contributed by atoms with van der Waals surface area (Å²) in [6, 6.07) is 5.56. The van der Waals surface area contributed by atoms with E-state index in [1.807, 2.05) is 19.1 Å². The summed E-state index contributed by atoms with van der Waals surface area (Å²) in [4.78, 5) is 0.